The summed E-state index contributed by atoms with van der Waals surface area (Å²) in [5, 5.41) is 0. The van der Waals surface area contributed by atoms with Gasteiger partial charge in [-0.3, -0.25) is 9.59 Å². The Balaban J connectivity index is 0. The third-order valence-corrected chi connectivity index (χ3v) is 1.08. The Morgan fingerprint density at radius 3 is 1.62 bits per heavy atom. The standard InChI is InChI=1S/C5H6O2.Na.H/c6-4-1-2-5(7)3-4;;/h1-3H2;;/q;+1;-1. The van der Waals surface area contributed by atoms with Crippen LogP contribution in [0.2, 0.25) is 0 Å². The van der Waals surface area contributed by atoms with E-state index in [2.05, 4.69) is 0 Å². The minimum atomic E-state index is 0. The van der Waals surface area contributed by atoms with Gasteiger partial charge in [-0.05, 0) is 0 Å². The number of hydrogen-bond acceptors (Lipinski definition) is 2. The number of carbonyl (C=O) groups excluding carboxylic acids is 2. The molecule has 1 aliphatic carbocycles. The quantitative estimate of drug-likeness (QED) is 0.261. The summed E-state index contributed by atoms with van der Waals surface area (Å²) >= 11 is 0. The van der Waals surface area contributed by atoms with Crippen LogP contribution in [0.3, 0.4) is 0 Å². The fourth-order valence-corrected chi connectivity index (χ4v) is 0.676. The molecule has 0 radical (unpaired) electrons. The monoisotopic (exact) mass is 122 g/mol. The van der Waals surface area contributed by atoms with Gasteiger partial charge in [-0.25, -0.2) is 0 Å². The summed E-state index contributed by atoms with van der Waals surface area (Å²) in [5.41, 5.74) is 0. The molecule has 1 saturated carbocycles. The number of hydrogen-bond donors (Lipinski definition) is 0. The van der Waals surface area contributed by atoms with Gasteiger partial charge in [-0.15, -0.1) is 0 Å². The summed E-state index contributed by atoms with van der Waals surface area (Å²) in [6.07, 6.45) is 1.16. The summed E-state index contributed by atoms with van der Waals surface area (Å²) in [6, 6.07) is 0. The van der Waals surface area contributed by atoms with Gasteiger partial charge < -0.3 is 1.43 Å². The smallest absolute Gasteiger partial charge is 1.00 e. The Morgan fingerprint density at radius 1 is 1.12 bits per heavy atom. The van der Waals surface area contributed by atoms with Crippen molar-refractivity contribution in [3.05, 3.63) is 0 Å². The predicted molar refractivity (Wildman–Crippen MR) is 25.0 cm³/mol. The molecule has 3 heteroatoms. The molecule has 1 fully saturated rings. The molecule has 0 aromatic carbocycles. The van der Waals surface area contributed by atoms with E-state index in [0.717, 1.165) is 0 Å². The van der Waals surface area contributed by atoms with Gasteiger partial charge in [-0.2, -0.15) is 0 Å². The van der Waals surface area contributed by atoms with Crippen molar-refractivity contribution >= 4 is 11.6 Å². The molecule has 1 rings (SSSR count). The van der Waals surface area contributed by atoms with Gasteiger partial charge in [0.2, 0.25) is 0 Å². The van der Waals surface area contributed by atoms with E-state index in [9.17, 15) is 9.59 Å². The predicted octanol–water partition coefficient (Wildman–Crippen LogP) is -2.57. The minimum absolute atomic E-state index is 0. The molecule has 40 valence electrons. The van der Waals surface area contributed by atoms with Crippen LogP contribution in [0, 0.1) is 0 Å². The summed E-state index contributed by atoms with van der Waals surface area (Å²) in [4.78, 5) is 20.5. The molecule has 1 aliphatic rings. The Kier molecular flexibility index (Phi) is 3.53. The van der Waals surface area contributed by atoms with Gasteiger partial charge in [-0.1, -0.05) is 0 Å². The first kappa shape index (κ1) is 8.34. The molecular formula is C5H7NaO2. The second kappa shape index (κ2) is 3.38. The second-order valence-electron chi connectivity index (χ2n) is 1.75. The summed E-state index contributed by atoms with van der Waals surface area (Å²) in [7, 11) is 0. The van der Waals surface area contributed by atoms with Crippen molar-refractivity contribution in [1.29, 1.82) is 0 Å². The van der Waals surface area contributed by atoms with Gasteiger partial charge in [0.15, 0.2) is 0 Å². The van der Waals surface area contributed by atoms with Gasteiger partial charge >= 0.3 is 29.6 Å². The Hall–Kier alpha value is 0.340. The molecule has 0 unspecified atom stereocenters. The van der Waals surface area contributed by atoms with Crippen LogP contribution in [-0.2, 0) is 9.59 Å². The fourth-order valence-electron chi connectivity index (χ4n) is 0.676. The Bertz CT molecular complexity index is 110. The number of carbonyl (C=O) groups is 2. The zero-order valence-corrected chi connectivity index (χ0v) is 6.94. The van der Waals surface area contributed by atoms with Crippen LogP contribution in [-0.4, -0.2) is 11.6 Å². The third-order valence-electron chi connectivity index (χ3n) is 1.08. The Morgan fingerprint density at radius 2 is 1.50 bits per heavy atom. The van der Waals surface area contributed by atoms with E-state index < -0.39 is 0 Å². The maximum absolute atomic E-state index is 10.2. The average molecular weight is 122 g/mol. The number of rotatable bonds is 0. The molecule has 0 aliphatic heterocycles. The zero-order chi connectivity index (χ0) is 5.28. The first-order valence-electron chi connectivity index (χ1n) is 2.32. The van der Waals surface area contributed by atoms with Crippen LogP contribution in [0.1, 0.15) is 20.7 Å². The van der Waals surface area contributed by atoms with Gasteiger partial charge in [0.1, 0.15) is 11.6 Å². The van der Waals surface area contributed by atoms with Crippen LogP contribution in [0.4, 0.5) is 0 Å². The van der Waals surface area contributed by atoms with E-state index in [0.29, 0.717) is 12.8 Å². The van der Waals surface area contributed by atoms with E-state index >= 15 is 0 Å². The van der Waals surface area contributed by atoms with E-state index in [4.69, 9.17) is 0 Å². The van der Waals surface area contributed by atoms with Gasteiger partial charge in [0.05, 0.1) is 6.42 Å². The minimum Gasteiger partial charge on any atom is -1.00 e. The molecular weight excluding hydrogens is 115 g/mol. The summed E-state index contributed by atoms with van der Waals surface area (Å²) < 4.78 is 0. The second-order valence-corrected chi connectivity index (χ2v) is 1.75. The SMILES string of the molecule is O=C1CCC(=O)C1.[H-].[Na+]. The molecule has 0 saturated heterocycles. The van der Waals surface area contributed by atoms with Crippen molar-refractivity contribution in [2.45, 2.75) is 19.3 Å². The molecule has 0 heterocycles. The first-order valence-corrected chi connectivity index (χ1v) is 2.32. The number of Topliss-reactive ketones (excluding diaryl/α,β-unsaturated/α-hetero) is 2. The van der Waals surface area contributed by atoms with Crippen LogP contribution in [0.15, 0.2) is 0 Å². The van der Waals surface area contributed by atoms with E-state index in [-0.39, 0.29) is 49.0 Å². The topological polar surface area (TPSA) is 34.1 Å². The van der Waals surface area contributed by atoms with E-state index in [1.165, 1.54) is 0 Å². The van der Waals surface area contributed by atoms with E-state index in [1.807, 2.05) is 0 Å². The fraction of sp³-hybridized carbons (Fsp3) is 0.600. The molecule has 8 heavy (non-hydrogen) atoms. The van der Waals surface area contributed by atoms with Gasteiger partial charge in [0.25, 0.3) is 0 Å². The van der Waals surface area contributed by atoms with Crippen molar-refractivity contribution in [3.63, 3.8) is 0 Å². The van der Waals surface area contributed by atoms with Crippen molar-refractivity contribution in [1.82, 2.24) is 0 Å². The molecule has 0 atom stereocenters. The van der Waals surface area contributed by atoms with E-state index in [1.54, 1.807) is 0 Å². The maximum atomic E-state index is 10.2. The summed E-state index contributed by atoms with van der Waals surface area (Å²) in [6.45, 7) is 0. The largest absolute Gasteiger partial charge is 1.00 e. The molecule has 0 amide bonds. The first-order chi connectivity index (χ1) is 3.29. The molecule has 2 nitrogen and oxygen atoms in total. The van der Waals surface area contributed by atoms with Crippen molar-refractivity contribution in [2.24, 2.45) is 0 Å². The average Bonchev–Trinajstić information content (AvgIpc) is 1.87. The van der Waals surface area contributed by atoms with Crippen molar-refractivity contribution in [3.8, 4) is 0 Å². The Labute approximate surface area is 71.4 Å². The van der Waals surface area contributed by atoms with Gasteiger partial charge in [0, 0.05) is 12.8 Å². The molecule has 0 bridgehead atoms. The van der Waals surface area contributed by atoms with Crippen LogP contribution in [0.5, 0.6) is 0 Å². The molecule has 0 spiro atoms. The molecule has 0 aromatic heterocycles. The van der Waals surface area contributed by atoms with Crippen LogP contribution >= 0.6 is 0 Å². The zero-order valence-electron chi connectivity index (χ0n) is 5.94. The van der Waals surface area contributed by atoms with Crippen LogP contribution in [0.25, 0.3) is 0 Å². The van der Waals surface area contributed by atoms with Crippen LogP contribution < -0.4 is 29.6 Å². The third kappa shape index (κ3) is 2.07. The normalized spacial score (nSPS) is 18.5. The van der Waals surface area contributed by atoms with Crippen molar-refractivity contribution < 1.29 is 40.6 Å². The molecule has 0 N–H and O–H groups in total. The summed E-state index contributed by atoms with van der Waals surface area (Å²) in [5.74, 6) is 0.204. The maximum Gasteiger partial charge on any atom is 1.00 e. The van der Waals surface area contributed by atoms with Crippen molar-refractivity contribution in [2.75, 3.05) is 0 Å². The molecule has 0 aromatic rings. The number of ketones is 2.